The largest absolute Gasteiger partial charge is 0.439 e. The summed E-state index contributed by atoms with van der Waals surface area (Å²) in [4.78, 5) is 0. The van der Waals surface area contributed by atoms with Crippen LogP contribution >= 0.6 is 0 Å². The zero-order valence-electron chi connectivity index (χ0n) is 8.30. The van der Waals surface area contributed by atoms with Gasteiger partial charge >= 0.3 is 8.56 Å². The topological polar surface area (TPSA) is 27.7 Å². The highest BCUT2D eigenvalue weighted by Gasteiger charge is 2.26. The Morgan fingerprint density at radius 3 is 2.17 bits per heavy atom. The fourth-order valence-corrected chi connectivity index (χ4v) is 8.60. The quantitative estimate of drug-likeness (QED) is 0.642. The van der Waals surface area contributed by atoms with Gasteiger partial charge < -0.3 is 12.3 Å². The second-order valence-electron chi connectivity index (χ2n) is 2.71. The molecule has 0 aliphatic heterocycles. The van der Waals surface area contributed by atoms with Crippen molar-refractivity contribution in [2.75, 3.05) is 0 Å². The maximum atomic E-state index is 5.77. The van der Waals surface area contributed by atoms with Crippen LogP contribution in [-0.4, -0.2) is 37.4 Å². The monoisotopic (exact) mass is 236 g/mol. The van der Waals surface area contributed by atoms with Crippen LogP contribution in [0.2, 0.25) is 32.7 Å². The Kier molecular flexibility index (Phi) is 6.63. The molecule has 1 atom stereocenters. The minimum atomic E-state index is -1.85. The molecule has 0 rings (SSSR count). The van der Waals surface area contributed by atoms with Gasteiger partial charge in [0.25, 0.3) is 9.28 Å². The van der Waals surface area contributed by atoms with E-state index in [1.165, 1.54) is 0 Å². The van der Waals surface area contributed by atoms with Gasteiger partial charge in [-0.15, -0.1) is 0 Å². The van der Waals surface area contributed by atoms with E-state index in [0.717, 1.165) is 0 Å². The van der Waals surface area contributed by atoms with Crippen molar-refractivity contribution in [2.24, 2.45) is 0 Å². The van der Waals surface area contributed by atoms with Crippen LogP contribution in [0, 0.1) is 0 Å². The Balaban J connectivity index is 3.70. The molecule has 0 aromatic carbocycles. The highest BCUT2D eigenvalue weighted by atomic mass is 28.5. The molecule has 7 heteroatoms. The Bertz CT molecular complexity index is 121. The van der Waals surface area contributed by atoms with Crippen molar-refractivity contribution in [3.05, 3.63) is 0 Å². The van der Waals surface area contributed by atoms with E-state index in [2.05, 4.69) is 13.1 Å². The van der Waals surface area contributed by atoms with Crippen LogP contribution in [0.1, 0.15) is 0 Å². The van der Waals surface area contributed by atoms with E-state index in [4.69, 9.17) is 12.3 Å². The molecular formula is C5H16O3Si4. The van der Waals surface area contributed by atoms with Gasteiger partial charge in [-0.25, -0.2) is 0 Å². The molecule has 3 nitrogen and oxygen atoms in total. The summed E-state index contributed by atoms with van der Waals surface area (Å²) in [6.45, 7) is 10.2. The molecule has 4 radical (unpaired) electrons. The molecule has 0 aromatic heterocycles. The number of rotatable bonds is 6. The lowest BCUT2D eigenvalue weighted by Crippen LogP contribution is -2.42. The van der Waals surface area contributed by atoms with Crippen molar-refractivity contribution >= 4 is 37.4 Å². The van der Waals surface area contributed by atoms with Crippen molar-refractivity contribution in [2.45, 2.75) is 32.7 Å². The molecular weight excluding hydrogens is 220 g/mol. The molecule has 0 aliphatic rings. The molecule has 0 spiro atoms. The van der Waals surface area contributed by atoms with Gasteiger partial charge in [0.15, 0.2) is 0 Å². The maximum Gasteiger partial charge on any atom is 0.312 e. The number of hydrogen-bond acceptors (Lipinski definition) is 3. The van der Waals surface area contributed by atoms with Gasteiger partial charge in [-0.1, -0.05) is 0 Å². The van der Waals surface area contributed by atoms with Crippen LogP contribution in [0.25, 0.3) is 0 Å². The van der Waals surface area contributed by atoms with E-state index in [-0.39, 0.29) is 0 Å². The summed E-state index contributed by atoms with van der Waals surface area (Å²) in [7, 11) is -2.21. The molecule has 0 fully saturated rings. The second-order valence-corrected chi connectivity index (χ2v) is 10.2. The summed E-state index contributed by atoms with van der Waals surface area (Å²) in [5, 5.41) is 0. The molecule has 1 unspecified atom stereocenters. The lowest BCUT2D eigenvalue weighted by atomic mass is 11.9. The standard InChI is InChI=1S/C5H16O3Si4/c1-9-6-11(3)8-12(4,5)7-10-2/h11H,1-5H3. The first-order chi connectivity index (χ1) is 5.52. The summed E-state index contributed by atoms with van der Waals surface area (Å²) in [5.41, 5.74) is 0. The van der Waals surface area contributed by atoms with E-state index >= 15 is 0 Å². The first-order valence-electron chi connectivity index (χ1n) is 3.87. The third kappa shape index (κ3) is 6.28. The highest BCUT2D eigenvalue weighted by molar-refractivity contribution is 6.75. The van der Waals surface area contributed by atoms with E-state index in [1.54, 1.807) is 0 Å². The first-order valence-corrected chi connectivity index (χ1v) is 11.6. The Labute approximate surface area is 82.8 Å². The third-order valence-corrected chi connectivity index (χ3v) is 9.73. The SMILES string of the molecule is C[Si]O[SiH](C)O[Si](C)(C)O[Si]C. The zero-order chi connectivity index (χ0) is 9.61. The van der Waals surface area contributed by atoms with Gasteiger partial charge in [-0.05, 0) is 32.7 Å². The molecule has 0 saturated carbocycles. The van der Waals surface area contributed by atoms with Crippen molar-refractivity contribution in [1.82, 2.24) is 0 Å². The average molecular weight is 237 g/mol. The third-order valence-electron chi connectivity index (χ3n) is 1.08. The van der Waals surface area contributed by atoms with Gasteiger partial charge in [0, 0.05) is 0 Å². The van der Waals surface area contributed by atoms with E-state index < -0.39 is 17.8 Å². The molecule has 0 saturated heterocycles. The van der Waals surface area contributed by atoms with Gasteiger partial charge in [-0.3, -0.25) is 0 Å². The van der Waals surface area contributed by atoms with Gasteiger partial charge in [-0.2, -0.15) is 0 Å². The van der Waals surface area contributed by atoms with Crippen LogP contribution in [0.5, 0.6) is 0 Å². The number of hydrogen-bond donors (Lipinski definition) is 0. The van der Waals surface area contributed by atoms with E-state index in [9.17, 15) is 0 Å². The average Bonchev–Trinajstić information content (AvgIpc) is 1.85. The van der Waals surface area contributed by atoms with Crippen molar-refractivity contribution in [1.29, 1.82) is 0 Å². The van der Waals surface area contributed by atoms with Crippen LogP contribution in [0.4, 0.5) is 0 Å². The van der Waals surface area contributed by atoms with E-state index in [0.29, 0.717) is 19.5 Å². The minimum Gasteiger partial charge on any atom is -0.439 e. The predicted molar refractivity (Wildman–Crippen MR) is 57.0 cm³/mol. The van der Waals surface area contributed by atoms with Crippen LogP contribution in [0.3, 0.4) is 0 Å². The first kappa shape index (κ1) is 12.7. The Morgan fingerprint density at radius 1 is 1.17 bits per heavy atom. The summed E-state index contributed by atoms with van der Waals surface area (Å²) in [6, 6.07) is 0. The molecule has 0 aromatic rings. The smallest absolute Gasteiger partial charge is 0.312 e. The molecule has 0 amide bonds. The Hall–Kier alpha value is 0.748. The molecule has 0 aliphatic carbocycles. The van der Waals surface area contributed by atoms with Crippen LogP contribution in [-0.2, 0) is 12.3 Å². The van der Waals surface area contributed by atoms with Crippen LogP contribution in [0.15, 0.2) is 0 Å². The summed E-state index contributed by atoms with van der Waals surface area (Å²) >= 11 is 0. The lowest BCUT2D eigenvalue weighted by Gasteiger charge is -2.25. The van der Waals surface area contributed by atoms with E-state index in [1.807, 2.05) is 19.6 Å². The Morgan fingerprint density at radius 2 is 1.75 bits per heavy atom. The summed E-state index contributed by atoms with van der Waals surface area (Å²) < 4.78 is 16.7. The van der Waals surface area contributed by atoms with Gasteiger partial charge in [0.05, 0.1) is 0 Å². The molecule has 0 N–H and O–H groups in total. The predicted octanol–water partition coefficient (Wildman–Crippen LogP) is 0.923. The lowest BCUT2D eigenvalue weighted by molar-refractivity contribution is 0.369. The van der Waals surface area contributed by atoms with Crippen molar-refractivity contribution in [3.8, 4) is 0 Å². The normalized spacial score (nSPS) is 14.8. The van der Waals surface area contributed by atoms with Gasteiger partial charge in [0.2, 0.25) is 19.5 Å². The molecule has 12 heavy (non-hydrogen) atoms. The second kappa shape index (κ2) is 6.24. The fraction of sp³-hybridized carbons (Fsp3) is 1.00. The summed E-state index contributed by atoms with van der Waals surface area (Å²) in [6.07, 6.45) is 0. The minimum absolute atomic E-state index is 0.516. The van der Waals surface area contributed by atoms with Gasteiger partial charge in [0.1, 0.15) is 0 Å². The highest BCUT2D eigenvalue weighted by Crippen LogP contribution is 2.07. The molecule has 70 valence electrons. The zero-order valence-corrected chi connectivity index (χ0v) is 12.5. The molecule has 0 heterocycles. The summed E-state index contributed by atoms with van der Waals surface area (Å²) in [5.74, 6) is 0. The van der Waals surface area contributed by atoms with Crippen LogP contribution < -0.4 is 0 Å². The maximum absolute atomic E-state index is 5.77. The fourth-order valence-electron chi connectivity index (χ4n) is 0.860. The van der Waals surface area contributed by atoms with Crippen molar-refractivity contribution < 1.29 is 12.3 Å². The molecule has 0 bridgehead atoms. The van der Waals surface area contributed by atoms with Crippen molar-refractivity contribution in [3.63, 3.8) is 0 Å².